The second-order valence-corrected chi connectivity index (χ2v) is 8.01. The molecule has 104 valence electrons. The SMILES string of the molecule is CCSC1CCCC1NC(=O)c1cc(Br)cc(Br)c1. The minimum absolute atomic E-state index is 0.0237. The van der Waals surface area contributed by atoms with Crippen LogP contribution < -0.4 is 5.32 Å². The van der Waals surface area contributed by atoms with Crippen molar-refractivity contribution in [2.24, 2.45) is 0 Å². The van der Waals surface area contributed by atoms with Crippen molar-refractivity contribution >= 4 is 49.5 Å². The molecule has 0 spiro atoms. The molecule has 0 saturated heterocycles. The molecular weight excluding hydrogens is 390 g/mol. The Balaban J connectivity index is 2.04. The number of rotatable bonds is 4. The van der Waals surface area contributed by atoms with Gasteiger partial charge in [-0.05, 0) is 36.8 Å². The Kier molecular flexibility index (Phi) is 5.78. The molecule has 2 rings (SSSR count). The van der Waals surface area contributed by atoms with Gasteiger partial charge in [-0.25, -0.2) is 0 Å². The summed E-state index contributed by atoms with van der Waals surface area (Å²) in [6, 6.07) is 5.96. The van der Waals surface area contributed by atoms with E-state index in [1.165, 1.54) is 12.8 Å². The molecule has 0 aliphatic heterocycles. The van der Waals surface area contributed by atoms with Gasteiger partial charge in [0, 0.05) is 25.8 Å². The molecule has 19 heavy (non-hydrogen) atoms. The summed E-state index contributed by atoms with van der Waals surface area (Å²) in [7, 11) is 0. The van der Waals surface area contributed by atoms with Gasteiger partial charge in [0.2, 0.25) is 0 Å². The van der Waals surface area contributed by atoms with Crippen LogP contribution in [0.5, 0.6) is 0 Å². The standard InChI is InChI=1S/C14H17Br2NOS/c1-2-19-13-5-3-4-12(13)17-14(18)9-6-10(15)8-11(16)7-9/h6-8,12-13H,2-5H2,1H3,(H,17,18). The maximum absolute atomic E-state index is 12.3. The van der Waals surface area contributed by atoms with E-state index in [4.69, 9.17) is 0 Å². The van der Waals surface area contributed by atoms with E-state index in [0.29, 0.717) is 16.9 Å². The lowest BCUT2D eigenvalue weighted by Crippen LogP contribution is -2.38. The van der Waals surface area contributed by atoms with Crippen LogP contribution in [0.3, 0.4) is 0 Å². The first-order valence-corrected chi connectivity index (χ1v) is 9.12. The number of amides is 1. The van der Waals surface area contributed by atoms with Crippen LogP contribution >= 0.6 is 43.6 Å². The number of carbonyl (C=O) groups is 1. The summed E-state index contributed by atoms with van der Waals surface area (Å²) in [5.41, 5.74) is 0.702. The maximum atomic E-state index is 12.3. The number of nitrogens with one attached hydrogen (secondary N) is 1. The van der Waals surface area contributed by atoms with Crippen molar-refractivity contribution in [2.75, 3.05) is 5.75 Å². The first kappa shape index (κ1) is 15.4. The van der Waals surface area contributed by atoms with Crippen molar-refractivity contribution in [3.63, 3.8) is 0 Å². The van der Waals surface area contributed by atoms with Crippen LogP contribution in [-0.4, -0.2) is 23.0 Å². The lowest BCUT2D eigenvalue weighted by atomic mass is 10.2. The number of thioether (sulfide) groups is 1. The zero-order valence-corrected chi connectivity index (χ0v) is 14.8. The van der Waals surface area contributed by atoms with Crippen molar-refractivity contribution in [3.8, 4) is 0 Å². The van der Waals surface area contributed by atoms with Gasteiger partial charge in [-0.1, -0.05) is 45.2 Å². The first-order chi connectivity index (χ1) is 9.10. The molecule has 1 amide bonds. The summed E-state index contributed by atoms with van der Waals surface area (Å²) in [6.45, 7) is 2.17. The third-order valence-electron chi connectivity index (χ3n) is 3.27. The third-order valence-corrected chi connectivity index (χ3v) is 5.52. The van der Waals surface area contributed by atoms with Crippen LogP contribution in [0.2, 0.25) is 0 Å². The Morgan fingerprint density at radius 1 is 1.32 bits per heavy atom. The first-order valence-electron chi connectivity index (χ1n) is 6.48. The molecule has 2 atom stereocenters. The van der Waals surface area contributed by atoms with Gasteiger partial charge in [0.15, 0.2) is 0 Å². The molecule has 1 saturated carbocycles. The fourth-order valence-electron chi connectivity index (χ4n) is 2.44. The van der Waals surface area contributed by atoms with Crippen molar-refractivity contribution in [2.45, 2.75) is 37.5 Å². The minimum atomic E-state index is 0.0237. The molecule has 1 aliphatic carbocycles. The fraction of sp³-hybridized carbons (Fsp3) is 0.500. The molecule has 0 radical (unpaired) electrons. The van der Waals surface area contributed by atoms with E-state index in [9.17, 15) is 4.79 Å². The number of benzene rings is 1. The highest BCUT2D eigenvalue weighted by molar-refractivity contribution is 9.11. The maximum Gasteiger partial charge on any atom is 0.251 e. The van der Waals surface area contributed by atoms with Crippen molar-refractivity contribution in [1.82, 2.24) is 5.32 Å². The Morgan fingerprint density at radius 3 is 2.63 bits per heavy atom. The van der Waals surface area contributed by atoms with Crippen LogP contribution in [-0.2, 0) is 0 Å². The second-order valence-electron chi connectivity index (χ2n) is 4.66. The summed E-state index contributed by atoms with van der Waals surface area (Å²) < 4.78 is 1.83. The van der Waals surface area contributed by atoms with E-state index in [2.05, 4.69) is 44.1 Å². The minimum Gasteiger partial charge on any atom is -0.348 e. The Labute approximate surface area is 135 Å². The highest BCUT2D eigenvalue weighted by atomic mass is 79.9. The van der Waals surface area contributed by atoms with Crippen molar-refractivity contribution in [3.05, 3.63) is 32.7 Å². The smallest absolute Gasteiger partial charge is 0.251 e. The van der Waals surface area contributed by atoms with E-state index in [1.54, 1.807) is 0 Å². The van der Waals surface area contributed by atoms with Crippen molar-refractivity contribution in [1.29, 1.82) is 0 Å². The normalized spacial score (nSPS) is 22.5. The Hall–Kier alpha value is -0.000000000000000111. The van der Waals surface area contributed by atoms with Crippen LogP contribution in [0.25, 0.3) is 0 Å². The number of hydrogen-bond donors (Lipinski definition) is 1. The molecule has 0 aromatic heterocycles. The average molecular weight is 407 g/mol. The quantitative estimate of drug-likeness (QED) is 0.790. The highest BCUT2D eigenvalue weighted by Gasteiger charge is 2.28. The zero-order valence-electron chi connectivity index (χ0n) is 10.8. The predicted molar refractivity (Wildman–Crippen MR) is 88.9 cm³/mol. The number of halogens is 2. The van der Waals surface area contributed by atoms with Gasteiger partial charge < -0.3 is 5.32 Å². The zero-order chi connectivity index (χ0) is 13.8. The molecule has 1 aromatic carbocycles. The van der Waals surface area contributed by atoms with Crippen LogP contribution in [0.1, 0.15) is 36.5 Å². The van der Waals surface area contributed by atoms with Gasteiger partial charge >= 0.3 is 0 Å². The summed E-state index contributed by atoms with van der Waals surface area (Å²) in [4.78, 5) is 12.3. The molecule has 1 N–H and O–H groups in total. The van der Waals surface area contributed by atoms with E-state index in [-0.39, 0.29) is 5.91 Å². The van der Waals surface area contributed by atoms with Gasteiger partial charge in [-0.2, -0.15) is 11.8 Å². The predicted octanol–water partition coefficient (Wildman–Crippen LogP) is 4.62. The summed E-state index contributed by atoms with van der Waals surface area (Å²) in [5, 5.41) is 3.76. The largest absolute Gasteiger partial charge is 0.348 e. The summed E-state index contributed by atoms with van der Waals surface area (Å²) in [6.07, 6.45) is 3.52. The Bertz CT molecular complexity index is 447. The number of carbonyl (C=O) groups excluding carboxylic acids is 1. The molecular formula is C14H17Br2NOS. The molecule has 5 heteroatoms. The summed E-state index contributed by atoms with van der Waals surface area (Å²) >= 11 is 8.79. The van der Waals surface area contributed by atoms with Crippen molar-refractivity contribution < 1.29 is 4.79 Å². The molecule has 1 fully saturated rings. The van der Waals surface area contributed by atoms with Crippen LogP contribution in [0.15, 0.2) is 27.1 Å². The molecule has 0 heterocycles. The van der Waals surface area contributed by atoms with Crippen LogP contribution in [0, 0.1) is 0 Å². The van der Waals surface area contributed by atoms with Crippen LogP contribution in [0.4, 0.5) is 0 Å². The third kappa shape index (κ3) is 4.23. The number of hydrogen-bond acceptors (Lipinski definition) is 2. The molecule has 0 bridgehead atoms. The van der Waals surface area contributed by atoms with E-state index < -0.39 is 0 Å². The lowest BCUT2D eigenvalue weighted by molar-refractivity contribution is 0.0938. The molecule has 2 nitrogen and oxygen atoms in total. The van der Waals surface area contributed by atoms with Gasteiger partial charge in [0.25, 0.3) is 5.91 Å². The molecule has 1 aliphatic rings. The van der Waals surface area contributed by atoms with Gasteiger partial charge in [0.1, 0.15) is 0 Å². The second kappa shape index (κ2) is 7.14. The average Bonchev–Trinajstić information content (AvgIpc) is 2.76. The lowest BCUT2D eigenvalue weighted by Gasteiger charge is -2.20. The molecule has 1 aromatic rings. The fourth-order valence-corrected chi connectivity index (χ4v) is 4.93. The van der Waals surface area contributed by atoms with Gasteiger partial charge in [0.05, 0.1) is 0 Å². The van der Waals surface area contributed by atoms with Gasteiger partial charge in [-0.15, -0.1) is 0 Å². The topological polar surface area (TPSA) is 29.1 Å². The highest BCUT2D eigenvalue weighted by Crippen LogP contribution is 2.30. The monoisotopic (exact) mass is 405 g/mol. The molecule has 2 unspecified atom stereocenters. The Morgan fingerprint density at radius 2 is 2.00 bits per heavy atom. The van der Waals surface area contributed by atoms with E-state index >= 15 is 0 Å². The summed E-state index contributed by atoms with van der Waals surface area (Å²) in [5.74, 6) is 1.13. The van der Waals surface area contributed by atoms with Gasteiger partial charge in [-0.3, -0.25) is 4.79 Å². The van der Waals surface area contributed by atoms with E-state index in [0.717, 1.165) is 21.1 Å². The van der Waals surface area contributed by atoms with E-state index in [1.807, 2.05) is 30.0 Å².